The standard InChI is InChI=1S/C9H14BrN3O2/c1-13-4-3-8(12-13)9(14)11-7(5-10)6-15-2/h3-4,7H,5-6H2,1-2H3,(H,11,14). The highest BCUT2D eigenvalue weighted by molar-refractivity contribution is 9.09. The maximum absolute atomic E-state index is 11.6. The number of nitrogens with one attached hydrogen (secondary N) is 1. The fourth-order valence-corrected chi connectivity index (χ4v) is 1.47. The molecule has 5 nitrogen and oxygen atoms in total. The Labute approximate surface area is 96.9 Å². The number of rotatable bonds is 5. The minimum absolute atomic E-state index is 0.0375. The third-order valence-corrected chi connectivity index (χ3v) is 2.62. The van der Waals surface area contributed by atoms with E-state index in [-0.39, 0.29) is 11.9 Å². The van der Waals surface area contributed by atoms with Gasteiger partial charge in [0.15, 0.2) is 0 Å². The number of nitrogens with zero attached hydrogens (tertiary/aromatic N) is 2. The summed E-state index contributed by atoms with van der Waals surface area (Å²) in [6, 6.07) is 1.64. The molecular weight excluding hydrogens is 262 g/mol. The minimum Gasteiger partial charge on any atom is -0.383 e. The highest BCUT2D eigenvalue weighted by Gasteiger charge is 2.14. The van der Waals surface area contributed by atoms with Gasteiger partial charge in [-0.1, -0.05) is 15.9 Å². The van der Waals surface area contributed by atoms with Crippen LogP contribution in [-0.4, -0.2) is 40.8 Å². The van der Waals surface area contributed by atoms with E-state index >= 15 is 0 Å². The summed E-state index contributed by atoms with van der Waals surface area (Å²) in [5.41, 5.74) is 0.416. The molecule has 1 amide bonds. The molecule has 0 saturated heterocycles. The lowest BCUT2D eigenvalue weighted by Crippen LogP contribution is -2.39. The molecule has 1 unspecified atom stereocenters. The molecule has 0 aliphatic heterocycles. The number of carbonyl (C=O) groups is 1. The maximum Gasteiger partial charge on any atom is 0.272 e. The Morgan fingerprint density at radius 3 is 3.00 bits per heavy atom. The lowest BCUT2D eigenvalue weighted by Gasteiger charge is -2.13. The predicted molar refractivity (Wildman–Crippen MR) is 60.1 cm³/mol. The quantitative estimate of drug-likeness (QED) is 0.799. The molecule has 15 heavy (non-hydrogen) atoms. The van der Waals surface area contributed by atoms with Crippen molar-refractivity contribution in [3.05, 3.63) is 18.0 Å². The summed E-state index contributed by atoms with van der Waals surface area (Å²) in [7, 11) is 3.37. The number of hydrogen-bond donors (Lipinski definition) is 1. The summed E-state index contributed by atoms with van der Waals surface area (Å²) < 4.78 is 6.56. The second-order valence-electron chi connectivity index (χ2n) is 3.15. The van der Waals surface area contributed by atoms with E-state index in [2.05, 4.69) is 26.3 Å². The molecule has 0 aromatic carbocycles. The van der Waals surface area contributed by atoms with Gasteiger partial charge in [0.2, 0.25) is 0 Å². The number of halogens is 1. The van der Waals surface area contributed by atoms with Crippen molar-refractivity contribution in [3.8, 4) is 0 Å². The zero-order chi connectivity index (χ0) is 11.3. The fourth-order valence-electron chi connectivity index (χ4n) is 1.12. The normalized spacial score (nSPS) is 12.5. The minimum atomic E-state index is -0.183. The number of alkyl halides is 1. The molecule has 1 aromatic rings. The molecule has 0 saturated carbocycles. The van der Waals surface area contributed by atoms with Crippen molar-refractivity contribution in [1.29, 1.82) is 0 Å². The Bertz CT molecular complexity index is 327. The van der Waals surface area contributed by atoms with Gasteiger partial charge in [-0.05, 0) is 6.07 Å². The molecule has 1 N–H and O–H groups in total. The highest BCUT2D eigenvalue weighted by Crippen LogP contribution is 1.97. The van der Waals surface area contributed by atoms with Gasteiger partial charge < -0.3 is 10.1 Å². The maximum atomic E-state index is 11.6. The molecule has 0 fully saturated rings. The first-order valence-electron chi connectivity index (χ1n) is 4.52. The number of ether oxygens (including phenoxy) is 1. The molecule has 1 heterocycles. The predicted octanol–water partition coefficient (Wildman–Crippen LogP) is 0.560. The van der Waals surface area contributed by atoms with E-state index in [1.807, 2.05) is 0 Å². The van der Waals surface area contributed by atoms with Gasteiger partial charge in [0.25, 0.3) is 5.91 Å². The first-order chi connectivity index (χ1) is 7.17. The average Bonchev–Trinajstić information content (AvgIpc) is 2.64. The third-order valence-electron chi connectivity index (χ3n) is 1.84. The Morgan fingerprint density at radius 1 is 1.80 bits per heavy atom. The molecule has 84 valence electrons. The highest BCUT2D eigenvalue weighted by atomic mass is 79.9. The Hall–Kier alpha value is -0.880. The van der Waals surface area contributed by atoms with Crippen molar-refractivity contribution in [2.75, 3.05) is 19.0 Å². The van der Waals surface area contributed by atoms with Crippen molar-refractivity contribution in [2.24, 2.45) is 7.05 Å². The molecule has 1 rings (SSSR count). The molecule has 0 spiro atoms. The van der Waals surface area contributed by atoms with Gasteiger partial charge in [0, 0.05) is 25.7 Å². The summed E-state index contributed by atoms with van der Waals surface area (Å²) in [6.07, 6.45) is 1.73. The van der Waals surface area contributed by atoms with Gasteiger partial charge in [0.05, 0.1) is 12.6 Å². The van der Waals surface area contributed by atoms with Crippen LogP contribution < -0.4 is 5.32 Å². The van der Waals surface area contributed by atoms with Gasteiger partial charge >= 0.3 is 0 Å². The Balaban J connectivity index is 2.54. The number of aryl methyl sites for hydroxylation is 1. The first-order valence-corrected chi connectivity index (χ1v) is 5.65. The van der Waals surface area contributed by atoms with E-state index in [9.17, 15) is 4.79 Å². The van der Waals surface area contributed by atoms with Gasteiger partial charge in [-0.15, -0.1) is 0 Å². The van der Waals surface area contributed by atoms with Crippen LogP contribution >= 0.6 is 15.9 Å². The SMILES string of the molecule is COCC(CBr)NC(=O)c1ccn(C)n1. The van der Waals surface area contributed by atoms with E-state index in [0.29, 0.717) is 17.6 Å². The van der Waals surface area contributed by atoms with Crippen LogP contribution in [0.25, 0.3) is 0 Å². The molecule has 1 aromatic heterocycles. The van der Waals surface area contributed by atoms with Crippen LogP contribution in [-0.2, 0) is 11.8 Å². The zero-order valence-corrected chi connectivity index (χ0v) is 10.3. The van der Waals surface area contributed by atoms with Crippen LogP contribution in [0.2, 0.25) is 0 Å². The van der Waals surface area contributed by atoms with Crippen molar-refractivity contribution in [1.82, 2.24) is 15.1 Å². The van der Waals surface area contributed by atoms with Gasteiger partial charge in [0.1, 0.15) is 5.69 Å². The van der Waals surface area contributed by atoms with Crippen LogP contribution in [0.4, 0.5) is 0 Å². The van der Waals surface area contributed by atoms with Gasteiger partial charge in [-0.3, -0.25) is 9.48 Å². The van der Waals surface area contributed by atoms with Crippen molar-refractivity contribution in [2.45, 2.75) is 6.04 Å². The van der Waals surface area contributed by atoms with Crippen LogP contribution in [0.15, 0.2) is 12.3 Å². The van der Waals surface area contributed by atoms with Crippen molar-refractivity contribution >= 4 is 21.8 Å². The zero-order valence-electron chi connectivity index (χ0n) is 8.74. The molecular formula is C9H14BrN3O2. The fraction of sp³-hybridized carbons (Fsp3) is 0.556. The van der Waals surface area contributed by atoms with E-state index in [0.717, 1.165) is 0 Å². The number of aromatic nitrogens is 2. The van der Waals surface area contributed by atoms with E-state index < -0.39 is 0 Å². The van der Waals surface area contributed by atoms with E-state index in [1.54, 1.807) is 31.1 Å². The van der Waals surface area contributed by atoms with Gasteiger partial charge in [-0.2, -0.15) is 5.10 Å². The first kappa shape index (κ1) is 12.2. The van der Waals surface area contributed by atoms with Crippen molar-refractivity contribution in [3.63, 3.8) is 0 Å². The van der Waals surface area contributed by atoms with Crippen LogP contribution in [0.5, 0.6) is 0 Å². The molecule has 0 radical (unpaired) electrons. The second-order valence-corrected chi connectivity index (χ2v) is 3.80. The van der Waals surface area contributed by atoms with Crippen molar-refractivity contribution < 1.29 is 9.53 Å². The Morgan fingerprint density at radius 2 is 2.53 bits per heavy atom. The Kier molecular flexibility index (Phi) is 4.77. The monoisotopic (exact) mass is 275 g/mol. The van der Waals surface area contributed by atoms with Crippen LogP contribution in [0, 0.1) is 0 Å². The second kappa shape index (κ2) is 5.87. The topological polar surface area (TPSA) is 56.1 Å². The number of amides is 1. The molecule has 1 atom stereocenters. The number of methoxy groups -OCH3 is 1. The molecule has 0 bridgehead atoms. The lowest BCUT2D eigenvalue weighted by atomic mass is 10.3. The number of carbonyl (C=O) groups excluding carboxylic acids is 1. The summed E-state index contributed by atoms with van der Waals surface area (Å²) in [5.74, 6) is -0.183. The van der Waals surface area contributed by atoms with E-state index in [1.165, 1.54) is 0 Å². The van der Waals surface area contributed by atoms with E-state index in [4.69, 9.17) is 4.74 Å². The smallest absolute Gasteiger partial charge is 0.272 e. The summed E-state index contributed by atoms with van der Waals surface area (Å²) in [5, 5.41) is 7.47. The molecule has 6 heteroatoms. The summed E-state index contributed by atoms with van der Waals surface area (Å²) >= 11 is 3.30. The van der Waals surface area contributed by atoms with Crippen LogP contribution in [0.3, 0.4) is 0 Å². The number of hydrogen-bond acceptors (Lipinski definition) is 3. The van der Waals surface area contributed by atoms with Gasteiger partial charge in [-0.25, -0.2) is 0 Å². The summed E-state index contributed by atoms with van der Waals surface area (Å²) in [4.78, 5) is 11.6. The lowest BCUT2D eigenvalue weighted by molar-refractivity contribution is 0.0902. The molecule has 0 aliphatic carbocycles. The van der Waals surface area contributed by atoms with Crippen LogP contribution in [0.1, 0.15) is 10.5 Å². The third kappa shape index (κ3) is 3.64. The summed E-state index contributed by atoms with van der Waals surface area (Å²) in [6.45, 7) is 0.476. The largest absolute Gasteiger partial charge is 0.383 e. The molecule has 0 aliphatic rings. The average molecular weight is 276 g/mol.